The van der Waals surface area contributed by atoms with Crippen LogP contribution < -0.4 is 5.32 Å². The predicted octanol–water partition coefficient (Wildman–Crippen LogP) is 2.43. The molecule has 2 heterocycles. The fourth-order valence-electron chi connectivity index (χ4n) is 2.79. The highest BCUT2D eigenvalue weighted by Gasteiger charge is 2.24. The van der Waals surface area contributed by atoms with E-state index in [1.165, 1.54) is 30.6 Å². The van der Waals surface area contributed by atoms with Crippen molar-refractivity contribution in [2.24, 2.45) is 0 Å². The van der Waals surface area contributed by atoms with E-state index in [1.54, 1.807) is 4.90 Å². The first-order valence-corrected chi connectivity index (χ1v) is 8.66. The molecule has 0 aliphatic carbocycles. The lowest BCUT2D eigenvalue weighted by Crippen LogP contribution is -2.49. The van der Waals surface area contributed by atoms with Crippen LogP contribution in [-0.2, 0) is 11.3 Å². The van der Waals surface area contributed by atoms with Gasteiger partial charge in [0.1, 0.15) is 0 Å². The monoisotopic (exact) mass is 329 g/mol. The second-order valence-electron chi connectivity index (χ2n) is 5.63. The van der Waals surface area contributed by atoms with Crippen molar-refractivity contribution in [3.05, 3.63) is 21.3 Å². The third-order valence-electron chi connectivity index (χ3n) is 3.97. The number of nitrogens with one attached hydrogen (secondary N) is 1. The molecule has 1 atom stereocenters. The van der Waals surface area contributed by atoms with Gasteiger partial charge in [-0.15, -0.1) is 11.3 Å². The van der Waals surface area contributed by atoms with E-state index >= 15 is 0 Å². The number of nitrogens with zero attached hydrogens (tertiary/aromatic N) is 2. The zero-order chi connectivity index (χ0) is 15.2. The lowest BCUT2D eigenvalue weighted by Gasteiger charge is -2.36. The van der Waals surface area contributed by atoms with E-state index in [1.807, 2.05) is 26.2 Å². The van der Waals surface area contributed by atoms with Crippen LogP contribution in [0.5, 0.6) is 0 Å². The Labute approximate surface area is 136 Å². The molecular weight excluding hydrogens is 306 g/mol. The SMILES string of the molecule is CNCC1CCCCN1CC(=O)N(C)Cc1ccc(Cl)s1. The van der Waals surface area contributed by atoms with Crippen LogP contribution in [0.25, 0.3) is 0 Å². The molecule has 1 fully saturated rings. The lowest BCUT2D eigenvalue weighted by molar-refractivity contribution is -0.132. The summed E-state index contributed by atoms with van der Waals surface area (Å²) >= 11 is 7.47. The summed E-state index contributed by atoms with van der Waals surface area (Å²) in [5.41, 5.74) is 0. The molecule has 0 saturated carbocycles. The minimum absolute atomic E-state index is 0.183. The Morgan fingerprint density at radius 2 is 2.33 bits per heavy atom. The minimum atomic E-state index is 0.183. The molecule has 1 amide bonds. The first-order chi connectivity index (χ1) is 10.1. The highest BCUT2D eigenvalue weighted by molar-refractivity contribution is 7.16. The predicted molar refractivity (Wildman–Crippen MR) is 88.9 cm³/mol. The van der Waals surface area contributed by atoms with Crippen LogP contribution in [0.1, 0.15) is 24.1 Å². The molecule has 1 saturated heterocycles. The van der Waals surface area contributed by atoms with E-state index in [0.717, 1.165) is 22.3 Å². The summed E-state index contributed by atoms with van der Waals surface area (Å²) in [6, 6.07) is 4.35. The van der Waals surface area contributed by atoms with Gasteiger partial charge in [-0.2, -0.15) is 0 Å². The van der Waals surface area contributed by atoms with Crippen molar-refractivity contribution in [3.63, 3.8) is 0 Å². The van der Waals surface area contributed by atoms with Crippen LogP contribution in [0, 0.1) is 0 Å². The average molecular weight is 330 g/mol. The summed E-state index contributed by atoms with van der Waals surface area (Å²) in [5.74, 6) is 0.183. The number of hydrogen-bond donors (Lipinski definition) is 1. The maximum atomic E-state index is 12.4. The molecule has 118 valence electrons. The number of hydrogen-bond acceptors (Lipinski definition) is 4. The molecule has 0 bridgehead atoms. The van der Waals surface area contributed by atoms with Gasteiger partial charge in [0.25, 0.3) is 0 Å². The number of rotatable bonds is 6. The number of amides is 1. The largest absolute Gasteiger partial charge is 0.340 e. The maximum Gasteiger partial charge on any atom is 0.236 e. The van der Waals surface area contributed by atoms with Crippen LogP contribution in [0.2, 0.25) is 4.34 Å². The minimum Gasteiger partial charge on any atom is -0.340 e. The number of carbonyl (C=O) groups excluding carboxylic acids is 1. The molecule has 1 aromatic rings. The number of thiophene rings is 1. The topological polar surface area (TPSA) is 35.6 Å². The summed E-state index contributed by atoms with van der Waals surface area (Å²) in [4.78, 5) is 17.7. The first-order valence-electron chi connectivity index (χ1n) is 7.47. The summed E-state index contributed by atoms with van der Waals surface area (Å²) in [6.45, 7) is 3.14. The van der Waals surface area contributed by atoms with Crippen molar-refractivity contribution in [1.82, 2.24) is 15.1 Å². The molecule has 0 radical (unpaired) electrons. The van der Waals surface area contributed by atoms with Gasteiger partial charge in [-0.05, 0) is 38.6 Å². The zero-order valence-electron chi connectivity index (χ0n) is 12.8. The fourth-order valence-corrected chi connectivity index (χ4v) is 3.93. The van der Waals surface area contributed by atoms with Gasteiger partial charge in [0, 0.05) is 24.5 Å². The van der Waals surface area contributed by atoms with Gasteiger partial charge in [0.2, 0.25) is 5.91 Å². The Bertz CT molecular complexity index is 464. The number of likely N-dealkylation sites (N-methyl/N-ethyl adjacent to an activating group) is 2. The highest BCUT2D eigenvalue weighted by Crippen LogP contribution is 2.22. The smallest absolute Gasteiger partial charge is 0.236 e. The number of halogens is 1. The Hall–Kier alpha value is -0.620. The third kappa shape index (κ3) is 4.95. The van der Waals surface area contributed by atoms with Crippen molar-refractivity contribution in [2.75, 3.05) is 33.7 Å². The summed E-state index contributed by atoms with van der Waals surface area (Å²) in [7, 11) is 3.84. The lowest BCUT2D eigenvalue weighted by atomic mass is 10.0. The molecular formula is C15H24ClN3OS. The van der Waals surface area contributed by atoms with Crippen molar-refractivity contribution < 1.29 is 4.79 Å². The molecule has 1 aliphatic heterocycles. The normalized spacial score (nSPS) is 19.7. The molecule has 1 aliphatic rings. The molecule has 1 N–H and O–H groups in total. The molecule has 2 rings (SSSR count). The Morgan fingerprint density at radius 3 is 3.00 bits per heavy atom. The standard InChI is InChI=1S/C15H24ClN3OS/c1-17-9-12-5-3-4-8-19(12)11-15(20)18(2)10-13-6-7-14(16)21-13/h6-7,12,17H,3-5,8-11H2,1-2H3. The van der Waals surface area contributed by atoms with Crippen molar-refractivity contribution >= 4 is 28.8 Å². The maximum absolute atomic E-state index is 12.4. The Kier molecular flexibility index (Phi) is 6.48. The van der Waals surface area contributed by atoms with Gasteiger partial charge in [-0.3, -0.25) is 9.69 Å². The molecule has 0 spiro atoms. The van der Waals surface area contributed by atoms with E-state index in [-0.39, 0.29) is 5.91 Å². The van der Waals surface area contributed by atoms with E-state index < -0.39 is 0 Å². The van der Waals surface area contributed by atoms with Gasteiger partial charge in [-0.1, -0.05) is 18.0 Å². The first kappa shape index (κ1) is 16.7. The van der Waals surface area contributed by atoms with Crippen molar-refractivity contribution in [3.8, 4) is 0 Å². The van der Waals surface area contributed by atoms with Crippen LogP contribution in [0.4, 0.5) is 0 Å². The van der Waals surface area contributed by atoms with Crippen LogP contribution in [0.15, 0.2) is 12.1 Å². The Balaban J connectivity index is 1.86. The molecule has 21 heavy (non-hydrogen) atoms. The Morgan fingerprint density at radius 1 is 1.52 bits per heavy atom. The van der Waals surface area contributed by atoms with Crippen molar-refractivity contribution in [2.45, 2.75) is 31.8 Å². The quantitative estimate of drug-likeness (QED) is 0.870. The number of piperidine rings is 1. The number of carbonyl (C=O) groups is 1. The van der Waals surface area contributed by atoms with Gasteiger partial charge < -0.3 is 10.2 Å². The molecule has 1 unspecified atom stereocenters. The van der Waals surface area contributed by atoms with Gasteiger partial charge in [-0.25, -0.2) is 0 Å². The summed E-state index contributed by atoms with van der Waals surface area (Å²) < 4.78 is 0.774. The van der Waals surface area contributed by atoms with Crippen LogP contribution in [0.3, 0.4) is 0 Å². The average Bonchev–Trinajstić information content (AvgIpc) is 2.86. The molecule has 1 aromatic heterocycles. The third-order valence-corrected chi connectivity index (χ3v) is 5.19. The van der Waals surface area contributed by atoms with E-state index in [2.05, 4.69) is 10.2 Å². The summed E-state index contributed by atoms with van der Waals surface area (Å²) in [5, 5.41) is 3.23. The van der Waals surface area contributed by atoms with Crippen LogP contribution >= 0.6 is 22.9 Å². The second kappa shape index (κ2) is 8.13. The number of likely N-dealkylation sites (tertiary alicyclic amines) is 1. The van der Waals surface area contributed by atoms with Gasteiger partial charge in [0.05, 0.1) is 17.4 Å². The van der Waals surface area contributed by atoms with Gasteiger partial charge in [0.15, 0.2) is 0 Å². The molecule has 0 aromatic carbocycles. The molecule has 6 heteroatoms. The van der Waals surface area contributed by atoms with E-state index in [9.17, 15) is 4.79 Å². The second-order valence-corrected chi connectivity index (χ2v) is 7.43. The highest BCUT2D eigenvalue weighted by atomic mass is 35.5. The zero-order valence-corrected chi connectivity index (χ0v) is 14.3. The van der Waals surface area contributed by atoms with Crippen molar-refractivity contribution in [1.29, 1.82) is 0 Å². The molecule has 4 nitrogen and oxygen atoms in total. The van der Waals surface area contributed by atoms with Crippen LogP contribution in [-0.4, -0.2) is 55.5 Å². The van der Waals surface area contributed by atoms with E-state index in [4.69, 9.17) is 11.6 Å². The van der Waals surface area contributed by atoms with E-state index in [0.29, 0.717) is 19.1 Å². The summed E-state index contributed by atoms with van der Waals surface area (Å²) in [6.07, 6.45) is 3.64. The van der Waals surface area contributed by atoms with Gasteiger partial charge >= 0.3 is 0 Å². The fraction of sp³-hybridized carbons (Fsp3) is 0.667.